The largest absolute Gasteiger partial charge is 0.324 e. The first-order valence-electron chi connectivity index (χ1n) is 6.98. The number of piperazine rings is 1. The molecule has 0 aromatic heterocycles. The first kappa shape index (κ1) is 14.6. The van der Waals surface area contributed by atoms with Crippen LogP contribution in [0.3, 0.4) is 0 Å². The molecule has 0 saturated carbocycles. The molecule has 2 rings (SSSR count). The fourth-order valence-electron chi connectivity index (χ4n) is 2.91. The zero-order chi connectivity index (χ0) is 14.0. The molecule has 0 radical (unpaired) electrons. The van der Waals surface area contributed by atoms with Crippen LogP contribution in [0.2, 0.25) is 0 Å². The molecule has 3 atom stereocenters. The Labute approximate surface area is 119 Å². The molecule has 0 spiro atoms. The van der Waals surface area contributed by atoms with Gasteiger partial charge in [0.15, 0.2) is 0 Å². The Balaban J connectivity index is 1.95. The molecule has 5 nitrogen and oxygen atoms in total. The Bertz CT molecular complexity index is 362. The highest BCUT2D eigenvalue weighted by atomic mass is 35.5. The van der Waals surface area contributed by atoms with E-state index >= 15 is 0 Å². The quantitative estimate of drug-likeness (QED) is 0.742. The lowest BCUT2D eigenvalue weighted by atomic mass is 9.97. The number of nitrogens with zero attached hydrogens (tertiary/aromatic N) is 2. The predicted octanol–water partition coefficient (Wildman–Crippen LogP) is 1.41. The Morgan fingerprint density at radius 2 is 2.05 bits per heavy atom. The van der Waals surface area contributed by atoms with E-state index in [1.54, 1.807) is 11.8 Å². The van der Waals surface area contributed by atoms with Crippen LogP contribution in [0, 0.1) is 0 Å². The number of imide groups is 1. The first-order chi connectivity index (χ1) is 8.99. The summed E-state index contributed by atoms with van der Waals surface area (Å²) >= 11 is 5.67. The minimum Gasteiger partial charge on any atom is -0.319 e. The number of piperidine rings is 1. The summed E-state index contributed by atoms with van der Waals surface area (Å²) in [5.41, 5.74) is 0. The van der Waals surface area contributed by atoms with Gasteiger partial charge in [0.1, 0.15) is 5.38 Å². The van der Waals surface area contributed by atoms with Crippen molar-refractivity contribution in [2.24, 2.45) is 0 Å². The van der Waals surface area contributed by atoms with E-state index in [-0.39, 0.29) is 12.1 Å². The van der Waals surface area contributed by atoms with E-state index in [1.165, 1.54) is 12.8 Å². The second kappa shape index (κ2) is 6.09. The van der Waals surface area contributed by atoms with Gasteiger partial charge in [-0.25, -0.2) is 4.79 Å². The van der Waals surface area contributed by atoms with Crippen LogP contribution in [0.15, 0.2) is 0 Å². The molecule has 3 unspecified atom stereocenters. The van der Waals surface area contributed by atoms with Crippen molar-refractivity contribution in [3.05, 3.63) is 0 Å². The molecular formula is C13H22ClN3O2. The van der Waals surface area contributed by atoms with Crippen LogP contribution >= 0.6 is 11.6 Å². The van der Waals surface area contributed by atoms with Crippen LogP contribution in [0.25, 0.3) is 0 Å². The van der Waals surface area contributed by atoms with Crippen LogP contribution in [0.4, 0.5) is 4.79 Å². The van der Waals surface area contributed by atoms with E-state index in [9.17, 15) is 9.59 Å². The van der Waals surface area contributed by atoms with E-state index in [2.05, 4.69) is 10.2 Å². The second-order valence-corrected chi connectivity index (χ2v) is 6.21. The van der Waals surface area contributed by atoms with E-state index < -0.39 is 11.3 Å². The Kier molecular flexibility index (Phi) is 4.68. The maximum Gasteiger partial charge on any atom is 0.324 e. The monoisotopic (exact) mass is 287 g/mol. The van der Waals surface area contributed by atoms with Crippen LogP contribution in [-0.2, 0) is 4.79 Å². The number of halogens is 1. The van der Waals surface area contributed by atoms with Crippen molar-refractivity contribution in [2.75, 3.05) is 19.6 Å². The molecule has 108 valence electrons. The van der Waals surface area contributed by atoms with Crippen molar-refractivity contribution >= 4 is 23.5 Å². The predicted molar refractivity (Wildman–Crippen MR) is 74.2 cm³/mol. The first-order valence-corrected chi connectivity index (χ1v) is 7.42. The summed E-state index contributed by atoms with van der Waals surface area (Å²) in [7, 11) is 0. The number of urea groups is 1. The molecule has 6 heteroatoms. The number of amides is 3. The van der Waals surface area contributed by atoms with Gasteiger partial charge in [-0.1, -0.05) is 6.42 Å². The van der Waals surface area contributed by atoms with E-state index in [0.29, 0.717) is 12.6 Å². The lowest BCUT2D eigenvalue weighted by Crippen LogP contribution is -2.62. The highest BCUT2D eigenvalue weighted by Crippen LogP contribution is 2.23. The molecule has 19 heavy (non-hydrogen) atoms. The third kappa shape index (κ3) is 3.39. The maximum atomic E-state index is 12.1. The highest BCUT2D eigenvalue weighted by molar-refractivity contribution is 6.31. The van der Waals surface area contributed by atoms with Crippen LogP contribution < -0.4 is 5.32 Å². The Morgan fingerprint density at radius 3 is 2.74 bits per heavy atom. The molecule has 1 N–H and O–H groups in total. The van der Waals surface area contributed by atoms with Gasteiger partial charge < -0.3 is 4.90 Å². The Morgan fingerprint density at radius 1 is 1.32 bits per heavy atom. The molecule has 0 aliphatic carbocycles. The summed E-state index contributed by atoms with van der Waals surface area (Å²) in [5, 5.41) is 1.69. The van der Waals surface area contributed by atoms with Crippen molar-refractivity contribution in [2.45, 2.75) is 50.6 Å². The molecular weight excluding hydrogens is 266 g/mol. The molecule has 0 aromatic carbocycles. The molecule has 2 aliphatic rings. The summed E-state index contributed by atoms with van der Waals surface area (Å²) in [6.45, 7) is 6.31. The average molecular weight is 288 g/mol. The number of fused-ring (bicyclic) bond motifs is 1. The molecule has 2 saturated heterocycles. The Hall–Kier alpha value is -0.810. The third-order valence-corrected chi connectivity index (χ3v) is 4.24. The fourth-order valence-corrected chi connectivity index (χ4v) is 2.97. The third-order valence-electron chi connectivity index (χ3n) is 4.04. The van der Waals surface area contributed by atoms with Crippen molar-refractivity contribution in [3.8, 4) is 0 Å². The minimum absolute atomic E-state index is 0.132. The number of hydrogen-bond acceptors (Lipinski definition) is 3. The second-order valence-electron chi connectivity index (χ2n) is 5.56. The number of carbonyl (C=O) groups excluding carboxylic acids is 2. The van der Waals surface area contributed by atoms with Gasteiger partial charge in [-0.2, -0.15) is 0 Å². The van der Waals surface area contributed by atoms with Gasteiger partial charge in [-0.05, 0) is 33.2 Å². The summed E-state index contributed by atoms with van der Waals surface area (Å²) in [6.07, 6.45) is 3.61. The van der Waals surface area contributed by atoms with Gasteiger partial charge in [0.05, 0.1) is 0 Å². The van der Waals surface area contributed by atoms with Crippen molar-refractivity contribution in [1.82, 2.24) is 15.1 Å². The molecule has 2 fully saturated rings. The summed E-state index contributed by atoms with van der Waals surface area (Å²) in [5.74, 6) is -0.426. The normalized spacial score (nSPS) is 29.5. The number of alkyl halides is 1. The van der Waals surface area contributed by atoms with E-state index in [1.807, 2.05) is 6.92 Å². The van der Waals surface area contributed by atoms with Gasteiger partial charge in [0, 0.05) is 25.2 Å². The molecule has 3 amide bonds. The SMILES string of the molecule is CC(Cl)C(=O)NC(=O)N1CC2CCCCN2CC1C. The van der Waals surface area contributed by atoms with E-state index in [4.69, 9.17) is 11.6 Å². The summed E-state index contributed by atoms with van der Waals surface area (Å²) in [6, 6.07) is 0.266. The zero-order valence-electron chi connectivity index (χ0n) is 11.6. The standard InChI is InChI=1S/C13H22ClN3O2/c1-9-7-16-6-4-3-5-11(16)8-17(9)13(19)15-12(18)10(2)14/h9-11H,3-8H2,1-2H3,(H,15,18,19). The molecule has 0 bridgehead atoms. The highest BCUT2D eigenvalue weighted by Gasteiger charge is 2.35. The maximum absolute atomic E-state index is 12.1. The number of rotatable bonds is 1. The summed E-state index contributed by atoms with van der Waals surface area (Å²) in [4.78, 5) is 27.8. The van der Waals surface area contributed by atoms with Crippen molar-refractivity contribution in [1.29, 1.82) is 0 Å². The van der Waals surface area contributed by atoms with Crippen LogP contribution in [0.1, 0.15) is 33.1 Å². The molecule has 2 heterocycles. The average Bonchev–Trinajstić information content (AvgIpc) is 2.37. The molecule has 2 aliphatic heterocycles. The number of nitrogens with one attached hydrogen (secondary N) is 1. The van der Waals surface area contributed by atoms with Crippen LogP contribution in [0.5, 0.6) is 0 Å². The smallest absolute Gasteiger partial charge is 0.319 e. The zero-order valence-corrected chi connectivity index (χ0v) is 12.3. The van der Waals surface area contributed by atoms with Gasteiger partial charge >= 0.3 is 6.03 Å². The van der Waals surface area contributed by atoms with Crippen molar-refractivity contribution < 1.29 is 9.59 Å². The van der Waals surface area contributed by atoms with E-state index in [0.717, 1.165) is 19.5 Å². The van der Waals surface area contributed by atoms with Crippen molar-refractivity contribution in [3.63, 3.8) is 0 Å². The van der Waals surface area contributed by atoms with Crippen LogP contribution in [-0.4, -0.2) is 58.8 Å². The van der Waals surface area contributed by atoms with Gasteiger partial charge in [-0.3, -0.25) is 15.0 Å². The van der Waals surface area contributed by atoms with Gasteiger partial charge in [0.25, 0.3) is 0 Å². The number of hydrogen-bond donors (Lipinski definition) is 1. The fraction of sp³-hybridized carbons (Fsp3) is 0.846. The topological polar surface area (TPSA) is 52.7 Å². The molecule has 0 aromatic rings. The minimum atomic E-state index is -0.685. The lowest BCUT2D eigenvalue weighted by Gasteiger charge is -2.47. The lowest BCUT2D eigenvalue weighted by molar-refractivity contribution is -0.119. The summed E-state index contributed by atoms with van der Waals surface area (Å²) < 4.78 is 0. The van der Waals surface area contributed by atoms with Gasteiger partial charge in [0.2, 0.25) is 5.91 Å². The van der Waals surface area contributed by atoms with Gasteiger partial charge in [-0.15, -0.1) is 11.6 Å². The number of carbonyl (C=O) groups is 2.